The van der Waals surface area contributed by atoms with Gasteiger partial charge in [-0.2, -0.15) is 0 Å². The molecule has 1 fully saturated rings. The lowest BCUT2D eigenvalue weighted by Crippen LogP contribution is -2.21. The number of benzene rings is 3. The number of nitrogens with one attached hydrogen (secondary N) is 1. The third-order valence-electron chi connectivity index (χ3n) is 6.46. The van der Waals surface area contributed by atoms with Crippen molar-refractivity contribution in [1.82, 2.24) is 24.4 Å². The number of hydrogen-bond donors (Lipinski definition) is 1. The van der Waals surface area contributed by atoms with E-state index in [9.17, 15) is 0 Å². The first-order valence-corrected chi connectivity index (χ1v) is 13.3. The molecule has 0 radical (unpaired) electrons. The van der Waals surface area contributed by atoms with E-state index in [1.165, 1.54) is 23.0 Å². The first kappa shape index (κ1) is 25.4. The van der Waals surface area contributed by atoms with Crippen molar-refractivity contribution in [1.29, 1.82) is 0 Å². The fraction of sp³-hybridized carbons (Fsp3) is 0.179. The van der Waals surface area contributed by atoms with Gasteiger partial charge in [0.2, 0.25) is 0 Å². The molecular formula is C28H26Cl2N6S. The van der Waals surface area contributed by atoms with E-state index >= 15 is 0 Å². The summed E-state index contributed by atoms with van der Waals surface area (Å²) < 4.78 is 2.07. The highest BCUT2D eigenvalue weighted by atomic mass is 35.5. The van der Waals surface area contributed by atoms with E-state index in [0.717, 1.165) is 33.7 Å². The third-order valence-corrected chi connectivity index (χ3v) is 7.70. The lowest BCUT2D eigenvalue weighted by Gasteiger charge is -2.20. The molecule has 0 spiro atoms. The number of fused-ring (bicyclic) bond motifs is 2. The summed E-state index contributed by atoms with van der Waals surface area (Å²) in [5.41, 5.74) is 5.57. The smallest absolute Gasteiger partial charge is 0.160 e. The Balaban J connectivity index is 0.000000161. The van der Waals surface area contributed by atoms with Crippen molar-refractivity contribution >= 4 is 52.0 Å². The summed E-state index contributed by atoms with van der Waals surface area (Å²) in [6.07, 6.45) is 7.27. The molecule has 0 amide bonds. The lowest BCUT2D eigenvalue weighted by molar-refractivity contribution is 0.464. The number of halogens is 2. The molecule has 0 saturated carbocycles. The summed E-state index contributed by atoms with van der Waals surface area (Å²) in [6.45, 7) is 2.25. The minimum Gasteiger partial charge on any atom is -0.348 e. The molecular weight excluding hydrogens is 523 g/mol. The number of hydrogen-bond acceptors (Lipinski definition) is 5. The summed E-state index contributed by atoms with van der Waals surface area (Å²) in [5.74, 6) is 1.21. The summed E-state index contributed by atoms with van der Waals surface area (Å²) in [6, 6.07) is 25.1. The van der Waals surface area contributed by atoms with Crippen molar-refractivity contribution in [2.24, 2.45) is 4.99 Å². The maximum atomic E-state index is 6.17. The normalized spacial score (nSPS) is 16.9. The van der Waals surface area contributed by atoms with Crippen molar-refractivity contribution in [3.8, 4) is 0 Å². The predicted octanol–water partition coefficient (Wildman–Crippen LogP) is 6.62. The SMILES string of the molecule is Cl.Clc1cccc(C(c2ccc3[nH]cnc3c2)n2ccnc2)c1.c1ccc([C@H]2CN3CCSC3=N2)cc1. The van der Waals surface area contributed by atoms with Gasteiger partial charge in [0.05, 0.1) is 35.8 Å². The molecule has 3 aromatic carbocycles. The van der Waals surface area contributed by atoms with Crippen LogP contribution in [0.25, 0.3) is 11.0 Å². The number of amidine groups is 1. The van der Waals surface area contributed by atoms with Gasteiger partial charge in [0.15, 0.2) is 5.17 Å². The molecule has 2 aliphatic rings. The van der Waals surface area contributed by atoms with Crippen LogP contribution in [0, 0.1) is 0 Å². The number of imidazole rings is 2. The molecule has 1 N–H and O–H groups in total. The molecule has 188 valence electrons. The van der Waals surface area contributed by atoms with Crippen LogP contribution in [0.15, 0.2) is 103 Å². The Kier molecular flexibility index (Phi) is 7.84. The Morgan fingerprint density at radius 2 is 1.86 bits per heavy atom. The van der Waals surface area contributed by atoms with Crippen molar-refractivity contribution in [2.75, 3.05) is 18.8 Å². The quantitative estimate of drug-likeness (QED) is 0.274. The maximum absolute atomic E-state index is 6.17. The summed E-state index contributed by atoms with van der Waals surface area (Å²) in [7, 11) is 0. The van der Waals surface area contributed by atoms with Gasteiger partial charge in [-0.15, -0.1) is 12.4 Å². The number of aliphatic imine (C=N–C) groups is 1. The Bertz CT molecular complexity index is 1490. The standard InChI is InChI=1S/C17H13ClN4.C11H12N2S.ClH/c18-14-3-1-2-12(8-14)17(22-7-6-19-11-22)13-4-5-15-16(9-13)21-10-20-15;1-2-4-9(5-3-1)10-8-13-6-7-14-11(13)12-10;/h1-11,17H,(H,20,21);1-5,10H,6-8H2;1H/t;10-;/m.1./s1. The number of rotatable bonds is 4. The van der Waals surface area contributed by atoms with Crippen LogP contribution in [-0.4, -0.2) is 48.4 Å². The molecule has 5 aromatic rings. The van der Waals surface area contributed by atoms with Crippen LogP contribution in [-0.2, 0) is 0 Å². The molecule has 7 rings (SSSR count). The van der Waals surface area contributed by atoms with Gasteiger partial charge in [0.1, 0.15) is 0 Å². The van der Waals surface area contributed by atoms with Gasteiger partial charge >= 0.3 is 0 Å². The van der Waals surface area contributed by atoms with Crippen molar-refractivity contribution < 1.29 is 0 Å². The molecule has 2 atom stereocenters. The number of thioether (sulfide) groups is 1. The molecule has 2 aromatic heterocycles. The van der Waals surface area contributed by atoms with E-state index in [4.69, 9.17) is 16.6 Å². The highest BCUT2D eigenvalue weighted by Gasteiger charge is 2.29. The van der Waals surface area contributed by atoms with Crippen LogP contribution < -0.4 is 0 Å². The van der Waals surface area contributed by atoms with Crippen LogP contribution >= 0.6 is 35.8 Å². The second kappa shape index (κ2) is 11.4. The van der Waals surface area contributed by atoms with Gasteiger partial charge < -0.3 is 14.5 Å². The first-order valence-electron chi connectivity index (χ1n) is 11.9. The van der Waals surface area contributed by atoms with Gasteiger partial charge in [-0.25, -0.2) is 9.97 Å². The first-order chi connectivity index (χ1) is 17.7. The molecule has 2 aliphatic heterocycles. The summed E-state index contributed by atoms with van der Waals surface area (Å²) >= 11 is 8.06. The third kappa shape index (κ3) is 5.54. The highest BCUT2D eigenvalue weighted by Crippen LogP contribution is 2.32. The lowest BCUT2D eigenvalue weighted by atomic mass is 9.98. The fourth-order valence-corrected chi connectivity index (χ4v) is 5.96. The molecule has 9 heteroatoms. The predicted molar refractivity (Wildman–Crippen MR) is 155 cm³/mol. The Morgan fingerprint density at radius 3 is 2.65 bits per heavy atom. The second-order valence-corrected chi connectivity index (χ2v) is 10.3. The minimum absolute atomic E-state index is 0. The zero-order valence-electron chi connectivity index (χ0n) is 19.9. The van der Waals surface area contributed by atoms with Gasteiger partial charge in [0.25, 0.3) is 0 Å². The van der Waals surface area contributed by atoms with E-state index in [2.05, 4.69) is 72.9 Å². The van der Waals surface area contributed by atoms with Gasteiger partial charge in [-0.3, -0.25) is 4.99 Å². The van der Waals surface area contributed by atoms with E-state index in [1.54, 1.807) is 12.5 Å². The monoisotopic (exact) mass is 548 g/mol. The summed E-state index contributed by atoms with van der Waals surface area (Å²) in [4.78, 5) is 18.8. The van der Waals surface area contributed by atoms with E-state index in [0.29, 0.717) is 6.04 Å². The second-order valence-electron chi connectivity index (χ2n) is 8.78. The number of H-pyrrole nitrogens is 1. The topological polar surface area (TPSA) is 62.1 Å². The minimum atomic E-state index is 0. The van der Waals surface area contributed by atoms with Gasteiger partial charge in [0, 0.05) is 36.3 Å². The number of aromatic nitrogens is 4. The summed E-state index contributed by atoms with van der Waals surface area (Å²) in [5, 5.41) is 1.97. The Labute approximate surface area is 231 Å². The average Bonchev–Trinajstić information content (AvgIpc) is 3.70. The zero-order valence-corrected chi connectivity index (χ0v) is 22.3. The molecule has 1 unspecified atom stereocenters. The van der Waals surface area contributed by atoms with Gasteiger partial charge in [-0.1, -0.05) is 71.9 Å². The van der Waals surface area contributed by atoms with Crippen LogP contribution in [0.4, 0.5) is 0 Å². The Hall–Kier alpha value is -3.26. The van der Waals surface area contributed by atoms with Crippen LogP contribution in [0.1, 0.15) is 28.8 Å². The molecule has 4 heterocycles. The average molecular weight is 550 g/mol. The van der Waals surface area contributed by atoms with Crippen molar-refractivity contribution in [2.45, 2.75) is 12.1 Å². The van der Waals surface area contributed by atoms with Crippen LogP contribution in [0.5, 0.6) is 0 Å². The molecule has 0 bridgehead atoms. The van der Waals surface area contributed by atoms with E-state index in [1.807, 2.05) is 48.6 Å². The highest BCUT2D eigenvalue weighted by molar-refractivity contribution is 8.14. The van der Waals surface area contributed by atoms with E-state index < -0.39 is 0 Å². The van der Waals surface area contributed by atoms with Crippen molar-refractivity contribution in [3.63, 3.8) is 0 Å². The number of nitrogens with zero attached hydrogens (tertiary/aromatic N) is 5. The fourth-order valence-electron chi connectivity index (χ4n) is 4.71. The molecule has 1 saturated heterocycles. The largest absolute Gasteiger partial charge is 0.348 e. The maximum Gasteiger partial charge on any atom is 0.160 e. The molecule has 37 heavy (non-hydrogen) atoms. The van der Waals surface area contributed by atoms with Crippen LogP contribution in [0.3, 0.4) is 0 Å². The number of aromatic amines is 1. The van der Waals surface area contributed by atoms with Crippen molar-refractivity contribution in [3.05, 3.63) is 120 Å². The van der Waals surface area contributed by atoms with Gasteiger partial charge in [-0.05, 0) is 41.0 Å². The van der Waals surface area contributed by atoms with E-state index in [-0.39, 0.29) is 18.4 Å². The molecule has 6 nitrogen and oxygen atoms in total. The molecule has 0 aliphatic carbocycles. The van der Waals surface area contributed by atoms with Crippen LogP contribution in [0.2, 0.25) is 5.02 Å². The zero-order chi connectivity index (χ0) is 24.3. The Morgan fingerprint density at radius 1 is 1.00 bits per heavy atom.